The van der Waals surface area contributed by atoms with E-state index in [0.29, 0.717) is 17.9 Å². The monoisotopic (exact) mass is 298 g/mol. The van der Waals surface area contributed by atoms with Crippen LogP contribution in [-0.2, 0) is 17.4 Å². The molecule has 1 fully saturated rings. The topological polar surface area (TPSA) is 17.1 Å². The van der Waals surface area contributed by atoms with Crippen LogP contribution < -0.4 is 0 Å². The number of carbonyl (C=O) groups excluding carboxylic acids is 1. The molecule has 4 heteroatoms. The van der Waals surface area contributed by atoms with Crippen LogP contribution in [0.1, 0.15) is 56.1 Å². The number of rotatable bonds is 4. The Morgan fingerprint density at radius 2 is 1.57 bits per heavy atom. The van der Waals surface area contributed by atoms with E-state index in [9.17, 15) is 18.0 Å². The third kappa shape index (κ3) is 5.18. The van der Waals surface area contributed by atoms with Gasteiger partial charge in [-0.1, -0.05) is 50.7 Å². The molecule has 1 saturated carbocycles. The minimum atomic E-state index is -4.32. The highest BCUT2D eigenvalue weighted by molar-refractivity contribution is 5.81. The Bertz CT molecular complexity index is 454. The van der Waals surface area contributed by atoms with Gasteiger partial charge in [-0.05, 0) is 23.6 Å². The van der Waals surface area contributed by atoms with Gasteiger partial charge in [-0.3, -0.25) is 4.79 Å². The smallest absolute Gasteiger partial charge is 0.299 e. The van der Waals surface area contributed by atoms with Gasteiger partial charge in [-0.2, -0.15) is 13.2 Å². The van der Waals surface area contributed by atoms with Gasteiger partial charge in [0.15, 0.2) is 0 Å². The molecule has 2 rings (SSSR count). The summed E-state index contributed by atoms with van der Waals surface area (Å²) in [6.45, 7) is 0. The largest absolute Gasteiger partial charge is 0.416 e. The lowest BCUT2D eigenvalue weighted by molar-refractivity contribution is -0.137. The molecule has 1 nitrogen and oxygen atoms in total. The molecule has 0 atom stereocenters. The second-order valence-corrected chi connectivity index (χ2v) is 5.97. The molecule has 0 radical (unpaired) electrons. The van der Waals surface area contributed by atoms with E-state index in [0.717, 1.165) is 25.0 Å². The number of alkyl halides is 3. The SMILES string of the molecule is O=C(Cc1ccc(C(F)(F)F)cc1)CC1CCCCCC1. The third-order valence-corrected chi connectivity index (χ3v) is 4.17. The zero-order valence-corrected chi connectivity index (χ0v) is 12.1. The van der Waals surface area contributed by atoms with Crippen LogP contribution in [0, 0.1) is 5.92 Å². The summed E-state index contributed by atoms with van der Waals surface area (Å²) in [5.41, 5.74) is 0.00379. The van der Waals surface area contributed by atoms with Gasteiger partial charge < -0.3 is 0 Å². The molecule has 0 bridgehead atoms. The van der Waals surface area contributed by atoms with Crippen molar-refractivity contribution in [2.24, 2.45) is 5.92 Å². The lowest BCUT2D eigenvalue weighted by Crippen LogP contribution is -2.11. The summed E-state index contributed by atoms with van der Waals surface area (Å²) in [5.74, 6) is 0.608. The van der Waals surface area contributed by atoms with Crippen LogP contribution in [0.4, 0.5) is 13.2 Å². The van der Waals surface area contributed by atoms with Gasteiger partial charge in [0.2, 0.25) is 0 Å². The number of carbonyl (C=O) groups is 1. The molecule has 0 aliphatic heterocycles. The van der Waals surface area contributed by atoms with Crippen molar-refractivity contribution in [2.75, 3.05) is 0 Å². The average molecular weight is 298 g/mol. The van der Waals surface area contributed by atoms with Crippen molar-refractivity contribution in [3.05, 3.63) is 35.4 Å². The fourth-order valence-electron chi connectivity index (χ4n) is 3.00. The summed E-state index contributed by atoms with van der Waals surface area (Å²) in [5, 5.41) is 0. The average Bonchev–Trinajstić information content (AvgIpc) is 2.67. The Labute approximate surface area is 123 Å². The summed E-state index contributed by atoms with van der Waals surface area (Å²) in [4.78, 5) is 12.1. The van der Waals surface area contributed by atoms with Crippen molar-refractivity contribution >= 4 is 5.78 Å². The fraction of sp³-hybridized carbons (Fsp3) is 0.588. The van der Waals surface area contributed by atoms with Crippen LogP contribution in [0.3, 0.4) is 0 Å². The zero-order valence-electron chi connectivity index (χ0n) is 12.1. The van der Waals surface area contributed by atoms with E-state index in [1.54, 1.807) is 0 Å². The van der Waals surface area contributed by atoms with Crippen LogP contribution in [0.2, 0.25) is 0 Å². The summed E-state index contributed by atoms with van der Waals surface area (Å²) in [6.07, 6.45) is 3.61. The first-order valence-electron chi connectivity index (χ1n) is 7.63. The molecule has 0 amide bonds. The van der Waals surface area contributed by atoms with Gasteiger partial charge in [0.25, 0.3) is 0 Å². The van der Waals surface area contributed by atoms with E-state index in [1.165, 1.54) is 37.8 Å². The maximum absolute atomic E-state index is 12.5. The number of hydrogen-bond acceptors (Lipinski definition) is 1. The molecule has 21 heavy (non-hydrogen) atoms. The van der Waals surface area contributed by atoms with Gasteiger partial charge in [0.05, 0.1) is 5.56 Å². The molecule has 0 N–H and O–H groups in total. The highest BCUT2D eigenvalue weighted by atomic mass is 19.4. The quantitative estimate of drug-likeness (QED) is 0.700. The lowest BCUT2D eigenvalue weighted by Gasteiger charge is -2.13. The molecule has 0 aromatic heterocycles. The molecule has 1 aromatic rings. The number of ketones is 1. The molecule has 0 unspecified atom stereocenters. The molecular weight excluding hydrogens is 277 g/mol. The molecule has 0 spiro atoms. The Hall–Kier alpha value is -1.32. The maximum Gasteiger partial charge on any atom is 0.416 e. The predicted molar refractivity (Wildman–Crippen MR) is 76.0 cm³/mol. The predicted octanol–water partition coefficient (Wildman–Crippen LogP) is 5.18. The van der Waals surface area contributed by atoms with Crippen molar-refractivity contribution in [3.8, 4) is 0 Å². The van der Waals surface area contributed by atoms with Gasteiger partial charge in [-0.25, -0.2) is 0 Å². The van der Waals surface area contributed by atoms with Gasteiger partial charge in [-0.15, -0.1) is 0 Å². The maximum atomic E-state index is 12.5. The van der Waals surface area contributed by atoms with Crippen LogP contribution in [-0.4, -0.2) is 5.78 Å². The second-order valence-electron chi connectivity index (χ2n) is 5.97. The van der Waals surface area contributed by atoms with E-state index in [1.807, 2.05) is 0 Å². The minimum Gasteiger partial charge on any atom is -0.299 e. The number of benzene rings is 1. The Kier molecular flexibility index (Phi) is 5.43. The first-order chi connectivity index (χ1) is 9.95. The Morgan fingerprint density at radius 1 is 1.00 bits per heavy atom. The zero-order chi connectivity index (χ0) is 15.3. The molecule has 0 saturated heterocycles. The van der Waals surface area contributed by atoms with Crippen LogP contribution in [0.5, 0.6) is 0 Å². The number of Topliss-reactive ketones (excluding diaryl/α,β-unsaturated/α-hetero) is 1. The summed E-state index contributed by atoms with van der Waals surface area (Å²) < 4.78 is 37.4. The van der Waals surface area contributed by atoms with E-state index in [2.05, 4.69) is 0 Å². The van der Waals surface area contributed by atoms with Crippen molar-refractivity contribution in [2.45, 2.75) is 57.5 Å². The van der Waals surface area contributed by atoms with Gasteiger partial charge >= 0.3 is 6.18 Å². The minimum absolute atomic E-state index is 0.140. The standard InChI is InChI=1S/C17H21F3O/c18-17(19,20)15-9-7-14(8-10-15)12-16(21)11-13-5-3-1-2-4-6-13/h7-10,13H,1-6,11-12H2. The number of halogens is 3. The van der Waals surface area contributed by atoms with Crippen LogP contribution in [0.15, 0.2) is 24.3 Å². The normalized spacial score (nSPS) is 17.5. The van der Waals surface area contributed by atoms with E-state index >= 15 is 0 Å². The highest BCUT2D eigenvalue weighted by Gasteiger charge is 2.30. The summed E-state index contributed by atoms with van der Waals surface area (Å²) in [6, 6.07) is 4.92. The molecular formula is C17H21F3O. The number of hydrogen-bond donors (Lipinski definition) is 0. The third-order valence-electron chi connectivity index (χ3n) is 4.17. The van der Waals surface area contributed by atoms with E-state index in [4.69, 9.17) is 0 Å². The van der Waals surface area contributed by atoms with Crippen molar-refractivity contribution in [3.63, 3.8) is 0 Å². The van der Waals surface area contributed by atoms with E-state index < -0.39 is 11.7 Å². The second kappa shape index (κ2) is 7.10. The highest BCUT2D eigenvalue weighted by Crippen LogP contribution is 2.29. The van der Waals surface area contributed by atoms with Gasteiger partial charge in [0.1, 0.15) is 5.78 Å². The van der Waals surface area contributed by atoms with E-state index in [-0.39, 0.29) is 12.2 Å². The Balaban J connectivity index is 1.87. The first kappa shape index (κ1) is 16.1. The molecule has 116 valence electrons. The molecule has 1 aromatic carbocycles. The summed E-state index contributed by atoms with van der Waals surface area (Å²) in [7, 11) is 0. The van der Waals surface area contributed by atoms with Crippen molar-refractivity contribution in [1.29, 1.82) is 0 Å². The molecule has 0 heterocycles. The molecule has 1 aliphatic carbocycles. The van der Waals surface area contributed by atoms with Gasteiger partial charge in [0, 0.05) is 12.8 Å². The lowest BCUT2D eigenvalue weighted by atomic mass is 9.92. The Morgan fingerprint density at radius 3 is 2.10 bits per heavy atom. The van der Waals surface area contributed by atoms with Crippen LogP contribution >= 0.6 is 0 Å². The van der Waals surface area contributed by atoms with Crippen molar-refractivity contribution < 1.29 is 18.0 Å². The van der Waals surface area contributed by atoms with Crippen LogP contribution in [0.25, 0.3) is 0 Å². The summed E-state index contributed by atoms with van der Waals surface area (Å²) >= 11 is 0. The first-order valence-corrected chi connectivity index (χ1v) is 7.63. The fourth-order valence-corrected chi connectivity index (χ4v) is 3.00. The van der Waals surface area contributed by atoms with Crippen molar-refractivity contribution in [1.82, 2.24) is 0 Å². The molecule has 1 aliphatic rings.